The molecule has 1 aliphatic heterocycles. The fourth-order valence-electron chi connectivity index (χ4n) is 4.23. The minimum Gasteiger partial charge on any atom is -0.493 e. The minimum absolute atomic E-state index is 0.223. The van der Waals surface area contributed by atoms with E-state index in [0.29, 0.717) is 36.6 Å². The molecule has 0 amide bonds. The molecule has 0 bridgehead atoms. The summed E-state index contributed by atoms with van der Waals surface area (Å²) in [6.45, 7) is 3.75. The van der Waals surface area contributed by atoms with Crippen LogP contribution in [-0.2, 0) is 9.53 Å². The number of esters is 1. The first kappa shape index (κ1) is 26.7. The van der Waals surface area contributed by atoms with E-state index >= 15 is 0 Å². The van der Waals surface area contributed by atoms with Crippen LogP contribution in [0.15, 0.2) is 61.9 Å². The molecule has 0 saturated heterocycles. The molecule has 2 aromatic carbocycles. The molecule has 4 rings (SSSR count). The van der Waals surface area contributed by atoms with E-state index < -0.39 is 12.0 Å². The van der Waals surface area contributed by atoms with Gasteiger partial charge in [0.25, 0.3) is 5.56 Å². The van der Waals surface area contributed by atoms with Crippen LogP contribution in [0.25, 0.3) is 6.08 Å². The van der Waals surface area contributed by atoms with Crippen molar-refractivity contribution < 1.29 is 19.0 Å². The van der Waals surface area contributed by atoms with Gasteiger partial charge < -0.3 is 19.1 Å². The fourth-order valence-corrected chi connectivity index (χ4v) is 5.90. The van der Waals surface area contributed by atoms with Crippen LogP contribution in [0.5, 0.6) is 11.5 Å². The number of rotatable bonds is 7. The highest BCUT2D eigenvalue weighted by Gasteiger charge is 2.33. The number of hydrogen-bond donors (Lipinski definition) is 0. The Hall–Kier alpha value is -3.37. The van der Waals surface area contributed by atoms with E-state index in [-0.39, 0.29) is 12.2 Å². The molecule has 0 N–H and O–H groups in total. The summed E-state index contributed by atoms with van der Waals surface area (Å²) in [5.41, 5.74) is 3.20. The third-order valence-corrected chi connectivity index (χ3v) is 7.57. The van der Waals surface area contributed by atoms with Crippen LogP contribution in [0.4, 0.5) is 5.69 Å². The van der Waals surface area contributed by atoms with Crippen molar-refractivity contribution in [1.82, 2.24) is 4.57 Å². The second-order valence-corrected chi connectivity index (χ2v) is 10.4. The lowest BCUT2D eigenvalue weighted by Gasteiger charge is -2.25. The van der Waals surface area contributed by atoms with Gasteiger partial charge in [-0.1, -0.05) is 23.5 Å². The van der Waals surface area contributed by atoms with E-state index in [2.05, 4.69) is 20.9 Å². The molecule has 3 aromatic rings. The van der Waals surface area contributed by atoms with Crippen LogP contribution >= 0.6 is 27.3 Å². The van der Waals surface area contributed by atoms with Gasteiger partial charge in [-0.05, 0) is 71.2 Å². The smallest absolute Gasteiger partial charge is 0.338 e. The van der Waals surface area contributed by atoms with Crippen LogP contribution in [0.3, 0.4) is 0 Å². The van der Waals surface area contributed by atoms with Gasteiger partial charge in [0.05, 0.1) is 47.1 Å². The predicted octanol–water partition coefficient (Wildman–Crippen LogP) is 3.64. The number of methoxy groups -OCH3 is 2. The number of allylic oxidation sites excluding steroid dienone is 1. The van der Waals surface area contributed by atoms with Crippen molar-refractivity contribution in [2.24, 2.45) is 4.99 Å². The molecule has 0 saturated carbocycles. The summed E-state index contributed by atoms with van der Waals surface area (Å²) < 4.78 is 19.0. The zero-order chi connectivity index (χ0) is 26.9. The van der Waals surface area contributed by atoms with Gasteiger partial charge in [-0.3, -0.25) is 9.36 Å². The van der Waals surface area contributed by atoms with Crippen molar-refractivity contribution in [2.75, 3.05) is 39.8 Å². The molecule has 0 unspecified atom stereocenters. The predicted molar refractivity (Wildman–Crippen MR) is 148 cm³/mol. The van der Waals surface area contributed by atoms with Gasteiger partial charge in [-0.2, -0.15) is 0 Å². The molecule has 1 atom stereocenters. The number of carbonyl (C=O) groups excluding carboxylic acids is 1. The lowest BCUT2D eigenvalue weighted by atomic mass is 9.95. The summed E-state index contributed by atoms with van der Waals surface area (Å²) in [6.07, 6.45) is 1.78. The molecule has 0 fully saturated rings. The Balaban J connectivity index is 1.93. The first-order valence-electron chi connectivity index (χ1n) is 11.6. The number of nitrogens with zero attached hydrogens (tertiary/aromatic N) is 3. The van der Waals surface area contributed by atoms with Crippen LogP contribution in [0.1, 0.15) is 31.0 Å². The van der Waals surface area contributed by atoms with E-state index in [1.807, 2.05) is 49.3 Å². The largest absolute Gasteiger partial charge is 0.493 e. The van der Waals surface area contributed by atoms with Crippen LogP contribution in [-0.4, -0.2) is 45.5 Å². The second-order valence-electron chi connectivity index (χ2n) is 8.53. The van der Waals surface area contributed by atoms with Crippen molar-refractivity contribution >= 4 is 45.0 Å². The Morgan fingerprint density at radius 1 is 1.19 bits per heavy atom. The van der Waals surface area contributed by atoms with Crippen LogP contribution in [0.2, 0.25) is 0 Å². The highest BCUT2D eigenvalue weighted by atomic mass is 79.9. The number of thiazole rings is 1. The zero-order valence-corrected chi connectivity index (χ0v) is 23.9. The fraction of sp³-hybridized carbons (Fsp3) is 0.296. The molecule has 1 aliphatic rings. The molecule has 0 radical (unpaired) electrons. The van der Waals surface area contributed by atoms with E-state index in [4.69, 9.17) is 14.2 Å². The van der Waals surface area contributed by atoms with E-state index in [1.165, 1.54) is 11.3 Å². The maximum Gasteiger partial charge on any atom is 0.338 e. The topological polar surface area (TPSA) is 82.4 Å². The number of fused-ring (bicyclic) bond motifs is 1. The third kappa shape index (κ3) is 5.08. The van der Waals surface area contributed by atoms with Crippen molar-refractivity contribution in [1.29, 1.82) is 0 Å². The molecule has 37 heavy (non-hydrogen) atoms. The molecule has 194 valence electrons. The molecule has 1 aromatic heterocycles. The van der Waals surface area contributed by atoms with Crippen LogP contribution < -0.4 is 29.3 Å². The van der Waals surface area contributed by atoms with Gasteiger partial charge >= 0.3 is 5.97 Å². The van der Waals surface area contributed by atoms with E-state index in [1.54, 1.807) is 44.8 Å². The monoisotopic (exact) mass is 585 g/mol. The van der Waals surface area contributed by atoms with Gasteiger partial charge in [0, 0.05) is 19.8 Å². The number of benzene rings is 2. The Morgan fingerprint density at radius 3 is 2.49 bits per heavy atom. The molecule has 8 nitrogen and oxygen atoms in total. The van der Waals surface area contributed by atoms with Gasteiger partial charge in [-0.15, -0.1) is 0 Å². The van der Waals surface area contributed by atoms with Gasteiger partial charge in [-0.25, -0.2) is 9.79 Å². The minimum atomic E-state index is -0.661. The number of ether oxygens (including phenoxy) is 3. The van der Waals surface area contributed by atoms with Crippen molar-refractivity contribution in [3.63, 3.8) is 0 Å². The SMILES string of the molecule is CCOC(=O)C1=C(C)N=c2s/c(=C/c3cc(Br)c(OC)c(OC)c3)c(=O)n2[C@@H]1c1ccc(N(C)C)cc1. The molecule has 0 spiro atoms. The van der Waals surface area contributed by atoms with Gasteiger partial charge in [0.2, 0.25) is 0 Å². The summed E-state index contributed by atoms with van der Waals surface area (Å²) in [4.78, 5) is 34.0. The summed E-state index contributed by atoms with van der Waals surface area (Å²) in [6, 6.07) is 10.8. The number of carbonyl (C=O) groups is 1. The molecule has 2 heterocycles. The third-order valence-electron chi connectivity index (χ3n) is 6.00. The molecular weight excluding hydrogens is 558 g/mol. The average Bonchev–Trinajstić information content (AvgIpc) is 3.17. The summed E-state index contributed by atoms with van der Waals surface area (Å²) in [7, 11) is 7.04. The summed E-state index contributed by atoms with van der Waals surface area (Å²) in [5.74, 6) is 0.621. The lowest BCUT2D eigenvalue weighted by Crippen LogP contribution is -2.39. The number of hydrogen-bond acceptors (Lipinski definition) is 8. The van der Waals surface area contributed by atoms with Crippen LogP contribution in [0, 0.1) is 0 Å². The zero-order valence-electron chi connectivity index (χ0n) is 21.5. The van der Waals surface area contributed by atoms with Gasteiger partial charge in [0.15, 0.2) is 16.3 Å². The standard InChI is InChI=1S/C27H28BrN3O5S/c1-7-36-26(33)22-15(2)29-27-31(23(22)17-8-10-18(11-9-17)30(3)4)25(32)21(37-27)14-16-12-19(28)24(35-6)20(13-16)34-5/h8-14,23H,7H2,1-6H3/b21-14+/t23-/m1/s1. The summed E-state index contributed by atoms with van der Waals surface area (Å²) in [5, 5.41) is 0. The Bertz CT molecular complexity index is 1550. The number of anilines is 1. The molecular formula is C27H28BrN3O5S. The number of halogens is 1. The molecule has 10 heteroatoms. The highest BCUT2D eigenvalue weighted by molar-refractivity contribution is 9.10. The maximum absolute atomic E-state index is 13.8. The van der Waals surface area contributed by atoms with E-state index in [0.717, 1.165) is 16.8 Å². The normalized spacial score (nSPS) is 15.2. The average molecular weight is 587 g/mol. The number of aromatic nitrogens is 1. The summed E-state index contributed by atoms with van der Waals surface area (Å²) >= 11 is 4.78. The highest BCUT2D eigenvalue weighted by Crippen LogP contribution is 2.36. The second kappa shape index (κ2) is 10.9. The maximum atomic E-state index is 13.8. The first-order chi connectivity index (χ1) is 17.7. The Morgan fingerprint density at radius 2 is 1.89 bits per heavy atom. The van der Waals surface area contributed by atoms with Crippen molar-refractivity contribution in [3.05, 3.63) is 83.0 Å². The lowest BCUT2D eigenvalue weighted by molar-refractivity contribution is -0.139. The van der Waals surface area contributed by atoms with Crippen molar-refractivity contribution in [2.45, 2.75) is 19.9 Å². The first-order valence-corrected chi connectivity index (χ1v) is 13.2. The van der Waals surface area contributed by atoms with Gasteiger partial charge in [0.1, 0.15) is 0 Å². The van der Waals surface area contributed by atoms with Crippen molar-refractivity contribution in [3.8, 4) is 11.5 Å². The Kier molecular flexibility index (Phi) is 7.89. The van der Waals surface area contributed by atoms with E-state index in [9.17, 15) is 9.59 Å². The Labute approximate surface area is 227 Å². The quantitative estimate of drug-likeness (QED) is 0.394. The molecule has 0 aliphatic carbocycles.